The summed E-state index contributed by atoms with van der Waals surface area (Å²) in [5, 5.41) is 5.43. The molecule has 3 atom stereocenters. The summed E-state index contributed by atoms with van der Waals surface area (Å²) in [6.07, 6.45) is 6.14. The lowest BCUT2D eigenvalue weighted by Gasteiger charge is -2.30. The third kappa shape index (κ3) is 4.05. The fraction of sp³-hybridized carbons (Fsp3) is 0.304. The molecule has 0 saturated carbocycles. The number of hydrogen-bond acceptors (Lipinski definition) is 3. The van der Waals surface area contributed by atoms with Gasteiger partial charge in [0, 0.05) is 36.3 Å². The Balaban J connectivity index is 1.58. The minimum absolute atomic E-state index is 0.0617. The first-order valence-corrected chi connectivity index (χ1v) is 11.5. The van der Waals surface area contributed by atoms with E-state index in [9.17, 15) is 0 Å². The van der Waals surface area contributed by atoms with Crippen molar-refractivity contribution in [3.63, 3.8) is 0 Å². The molecule has 0 unspecified atom stereocenters. The number of nitrogens with zero attached hydrogens (tertiary/aromatic N) is 3. The van der Waals surface area contributed by atoms with Crippen molar-refractivity contribution >= 4 is 40.5 Å². The van der Waals surface area contributed by atoms with Crippen molar-refractivity contribution in [2.24, 2.45) is 0 Å². The second-order valence-corrected chi connectivity index (χ2v) is 9.04. The Kier molecular flexibility index (Phi) is 5.89. The van der Waals surface area contributed by atoms with Crippen molar-refractivity contribution in [1.29, 1.82) is 0 Å². The van der Waals surface area contributed by atoms with Gasteiger partial charge in [-0.05, 0) is 67.5 Å². The molecule has 3 aromatic rings. The van der Waals surface area contributed by atoms with E-state index in [2.05, 4.69) is 25.8 Å². The van der Waals surface area contributed by atoms with Crippen LogP contribution in [0.25, 0.3) is 5.69 Å². The van der Waals surface area contributed by atoms with Gasteiger partial charge in [-0.25, -0.2) is 0 Å². The zero-order valence-electron chi connectivity index (χ0n) is 16.7. The third-order valence-electron chi connectivity index (χ3n) is 5.87. The van der Waals surface area contributed by atoms with Crippen LogP contribution in [0.5, 0.6) is 0 Å². The zero-order chi connectivity index (χ0) is 21.4. The first-order valence-electron chi connectivity index (χ1n) is 10.3. The van der Waals surface area contributed by atoms with Crippen LogP contribution in [0.2, 0.25) is 10.0 Å². The average molecular weight is 473 g/mol. The number of aromatic nitrogens is 2. The van der Waals surface area contributed by atoms with E-state index in [1.807, 2.05) is 48.8 Å². The number of rotatable bonds is 5. The lowest BCUT2D eigenvalue weighted by molar-refractivity contribution is 0.0836. The molecule has 8 heteroatoms. The normalized spacial score (nSPS) is 23.4. The summed E-state index contributed by atoms with van der Waals surface area (Å²) < 4.78 is 8.04. The predicted octanol–water partition coefficient (Wildman–Crippen LogP) is 5.33. The predicted molar refractivity (Wildman–Crippen MR) is 127 cm³/mol. The van der Waals surface area contributed by atoms with Crippen LogP contribution in [0.3, 0.4) is 0 Å². The third-order valence-corrected chi connectivity index (χ3v) is 6.76. The lowest BCUT2D eigenvalue weighted by atomic mass is 10.0. The molecule has 2 saturated heterocycles. The molecule has 2 fully saturated rings. The van der Waals surface area contributed by atoms with Crippen molar-refractivity contribution in [2.75, 3.05) is 13.2 Å². The van der Waals surface area contributed by atoms with Crippen LogP contribution in [-0.2, 0) is 4.74 Å². The molecule has 4 heterocycles. The van der Waals surface area contributed by atoms with Gasteiger partial charge >= 0.3 is 0 Å². The molecular formula is C23H22Cl2N4OS. The molecule has 0 bridgehead atoms. The molecule has 160 valence electrons. The van der Waals surface area contributed by atoms with Gasteiger partial charge in [0.05, 0.1) is 34.6 Å². The number of thiocarbonyl (C=S) groups is 1. The van der Waals surface area contributed by atoms with Gasteiger partial charge in [-0.3, -0.25) is 4.98 Å². The number of hydrogen-bond donors (Lipinski definition) is 1. The second-order valence-electron chi connectivity index (χ2n) is 7.81. The maximum absolute atomic E-state index is 6.56. The summed E-state index contributed by atoms with van der Waals surface area (Å²) in [6.45, 7) is 1.54. The zero-order valence-corrected chi connectivity index (χ0v) is 19.1. The van der Waals surface area contributed by atoms with E-state index in [4.69, 9.17) is 40.2 Å². The maximum atomic E-state index is 6.56. The average Bonchev–Trinajstić information content (AvgIpc) is 3.50. The fourth-order valence-electron chi connectivity index (χ4n) is 4.46. The van der Waals surface area contributed by atoms with Crippen LogP contribution in [-0.4, -0.2) is 38.8 Å². The fourth-order valence-corrected chi connectivity index (χ4v) is 5.28. The first kappa shape index (κ1) is 20.8. The van der Waals surface area contributed by atoms with Gasteiger partial charge in [-0.1, -0.05) is 29.3 Å². The molecule has 1 aromatic carbocycles. The van der Waals surface area contributed by atoms with Crippen molar-refractivity contribution < 1.29 is 4.74 Å². The molecule has 1 N–H and O–H groups in total. The molecule has 5 nitrogen and oxygen atoms in total. The van der Waals surface area contributed by atoms with E-state index in [1.54, 1.807) is 6.07 Å². The van der Waals surface area contributed by atoms with Gasteiger partial charge in [0.15, 0.2) is 5.11 Å². The first-order chi connectivity index (χ1) is 15.1. The van der Waals surface area contributed by atoms with Gasteiger partial charge in [-0.15, -0.1) is 0 Å². The molecule has 2 aliphatic heterocycles. The Morgan fingerprint density at radius 1 is 1.16 bits per heavy atom. The van der Waals surface area contributed by atoms with Crippen LogP contribution in [0.15, 0.2) is 60.9 Å². The van der Waals surface area contributed by atoms with Crippen molar-refractivity contribution in [3.05, 3.63) is 82.4 Å². The van der Waals surface area contributed by atoms with Gasteiger partial charge in [0.1, 0.15) is 0 Å². The molecule has 0 aliphatic carbocycles. The number of pyridine rings is 1. The summed E-state index contributed by atoms with van der Waals surface area (Å²) in [5.41, 5.74) is 2.89. The Labute approximate surface area is 196 Å². The highest BCUT2D eigenvalue weighted by molar-refractivity contribution is 7.80. The van der Waals surface area contributed by atoms with Crippen molar-refractivity contribution in [3.8, 4) is 5.69 Å². The number of halogens is 2. The molecule has 2 aromatic heterocycles. The summed E-state index contributed by atoms with van der Waals surface area (Å²) in [7, 11) is 0. The van der Waals surface area contributed by atoms with Gasteiger partial charge in [0.2, 0.25) is 0 Å². The molecule has 2 aliphatic rings. The number of benzene rings is 1. The van der Waals surface area contributed by atoms with E-state index in [0.29, 0.717) is 15.2 Å². The summed E-state index contributed by atoms with van der Waals surface area (Å²) >= 11 is 18.5. The SMILES string of the molecule is S=C1N[C@@H](c2ccccn2)[C@H](c2cccn2-c2ccc(Cl)cc2Cl)N1C[C@@H]1CCCO1. The van der Waals surface area contributed by atoms with Crippen molar-refractivity contribution in [1.82, 2.24) is 19.8 Å². The topological polar surface area (TPSA) is 42.3 Å². The van der Waals surface area contributed by atoms with Crippen molar-refractivity contribution in [2.45, 2.75) is 31.0 Å². The molecule has 0 amide bonds. The largest absolute Gasteiger partial charge is 0.376 e. The standard InChI is InChI=1S/C23H22Cl2N4OS/c24-15-8-9-19(17(25)13-15)28-11-3-7-20(28)22-21(18-6-1-2-10-26-18)27-23(31)29(22)14-16-5-4-12-30-16/h1-3,6-11,13,16,21-22H,4-5,12,14H2,(H,27,31)/t16-,21-,22-/m0/s1. The van der Waals surface area contributed by atoms with Gasteiger partial charge in [-0.2, -0.15) is 0 Å². The highest BCUT2D eigenvalue weighted by atomic mass is 35.5. The van der Waals surface area contributed by atoms with Crippen LogP contribution in [0.1, 0.15) is 36.3 Å². The molecule has 5 rings (SSSR count). The van der Waals surface area contributed by atoms with Crippen LogP contribution in [0, 0.1) is 0 Å². The quantitative estimate of drug-likeness (QED) is 0.508. The Bertz CT molecular complexity index is 1080. The van der Waals surface area contributed by atoms with E-state index < -0.39 is 0 Å². The molecular weight excluding hydrogens is 451 g/mol. The number of nitrogens with one attached hydrogen (secondary N) is 1. The van der Waals surface area contributed by atoms with E-state index in [1.165, 1.54) is 0 Å². The Morgan fingerprint density at radius 3 is 2.81 bits per heavy atom. The molecule has 0 spiro atoms. The minimum Gasteiger partial charge on any atom is -0.376 e. The van der Waals surface area contributed by atoms with Crippen LogP contribution in [0.4, 0.5) is 0 Å². The van der Waals surface area contributed by atoms with Crippen LogP contribution < -0.4 is 5.32 Å². The Hall–Kier alpha value is -2.12. The van der Waals surface area contributed by atoms with E-state index in [-0.39, 0.29) is 18.2 Å². The highest BCUT2D eigenvalue weighted by Crippen LogP contribution is 2.41. The maximum Gasteiger partial charge on any atom is 0.170 e. The van der Waals surface area contributed by atoms with Crippen LogP contribution >= 0.6 is 35.4 Å². The van der Waals surface area contributed by atoms with Gasteiger partial charge in [0.25, 0.3) is 0 Å². The summed E-state index contributed by atoms with van der Waals surface area (Å²) in [5.74, 6) is 0. The smallest absolute Gasteiger partial charge is 0.170 e. The molecule has 0 radical (unpaired) electrons. The van der Waals surface area contributed by atoms with E-state index in [0.717, 1.165) is 43.1 Å². The minimum atomic E-state index is -0.0881. The lowest BCUT2D eigenvalue weighted by Crippen LogP contribution is -2.36. The Morgan fingerprint density at radius 2 is 2.06 bits per heavy atom. The van der Waals surface area contributed by atoms with E-state index >= 15 is 0 Å². The summed E-state index contributed by atoms with van der Waals surface area (Å²) in [6, 6.07) is 15.5. The monoisotopic (exact) mass is 472 g/mol. The summed E-state index contributed by atoms with van der Waals surface area (Å²) in [4.78, 5) is 6.86. The molecule has 31 heavy (non-hydrogen) atoms. The highest BCUT2D eigenvalue weighted by Gasteiger charge is 2.42. The van der Waals surface area contributed by atoms with Gasteiger partial charge < -0.3 is 19.5 Å². The number of ether oxygens (including phenoxy) is 1. The second kappa shape index (κ2) is 8.79.